The third kappa shape index (κ3) is 4.75. The quantitative estimate of drug-likeness (QED) is 0.697. The maximum atomic E-state index is 12.6. The summed E-state index contributed by atoms with van der Waals surface area (Å²) in [5.74, 6) is -0.218. The fourth-order valence-corrected chi connectivity index (χ4v) is 4.71. The number of carbonyl (C=O) groups is 1. The van der Waals surface area contributed by atoms with Gasteiger partial charge < -0.3 is 24.3 Å². The van der Waals surface area contributed by atoms with Crippen LogP contribution in [-0.4, -0.2) is 77.2 Å². The van der Waals surface area contributed by atoms with E-state index in [1.165, 1.54) is 18.5 Å². The number of piperidine rings is 1. The summed E-state index contributed by atoms with van der Waals surface area (Å²) in [6.45, 7) is 1.81. The van der Waals surface area contributed by atoms with Crippen molar-refractivity contribution in [2.45, 2.75) is 18.6 Å². The average Bonchev–Trinajstić information content (AvgIpc) is 3.15. The second-order valence-corrected chi connectivity index (χ2v) is 8.77. The van der Waals surface area contributed by atoms with Crippen LogP contribution < -0.4 is 14.8 Å². The zero-order valence-electron chi connectivity index (χ0n) is 16.1. The minimum atomic E-state index is -3.47. The average molecular weight is 414 g/mol. The van der Waals surface area contributed by atoms with Gasteiger partial charge in [-0.1, -0.05) is 0 Å². The van der Waals surface area contributed by atoms with Crippen LogP contribution >= 0.6 is 0 Å². The summed E-state index contributed by atoms with van der Waals surface area (Å²) in [6.07, 6.45) is 1.03. The summed E-state index contributed by atoms with van der Waals surface area (Å²) in [5, 5.41) is 2.64. The summed E-state index contributed by atoms with van der Waals surface area (Å²) in [7, 11) is -0.488. The van der Waals surface area contributed by atoms with Gasteiger partial charge in [-0.3, -0.25) is 4.79 Å². The molecule has 0 bridgehead atoms. The first-order valence-electron chi connectivity index (χ1n) is 9.14. The molecule has 2 aliphatic rings. The molecule has 0 radical (unpaired) electrons. The van der Waals surface area contributed by atoms with E-state index >= 15 is 0 Å². The predicted molar refractivity (Wildman–Crippen MR) is 101 cm³/mol. The van der Waals surface area contributed by atoms with Gasteiger partial charge in [0.05, 0.1) is 33.2 Å². The second-order valence-electron chi connectivity index (χ2n) is 6.68. The van der Waals surface area contributed by atoms with Crippen LogP contribution in [0.3, 0.4) is 0 Å². The van der Waals surface area contributed by atoms with Crippen LogP contribution in [0.1, 0.15) is 23.2 Å². The van der Waals surface area contributed by atoms with Crippen molar-refractivity contribution in [3.05, 3.63) is 23.8 Å². The number of carbonyl (C=O) groups excluding carboxylic acids is 1. The number of ether oxygens (including phenoxy) is 4. The van der Waals surface area contributed by atoms with E-state index in [1.54, 1.807) is 18.2 Å². The van der Waals surface area contributed by atoms with E-state index in [-0.39, 0.29) is 12.3 Å². The highest BCUT2D eigenvalue weighted by Gasteiger charge is 2.42. The standard InChI is InChI=1S/C18H26N2O7S/c1-24-15-11-14(12-16(13-15)25-2)17(21)19-5-10-28(22,23)20-6-3-18(4-7-20)26-8-9-27-18/h11-13H,3-10H2,1-2H3,(H,19,21). The molecule has 0 aliphatic carbocycles. The highest BCUT2D eigenvalue weighted by atomic mass is 32.2. The third-order valence-electron chi connectivity index (χ3n) is 4.95. The molecule has 1 N–H and O–H groups in total. The van der Waals surface area contributed by atoms with E-state index in [9.17, 15) is 13.2 Å². The van der Waals surface area contributed by atoms with Gasteiger partial charge in [0, 0.05) is 44.1 Å². The van der Waals surface area contributed by atoms with Crippen LogP contribution in [0.4, 0.5) is 0 Å². The molecule has 2 saturated heterocycles. The molecule has 1 amide bonds. The largest absolute Gasteiger partial charge is 0.497 e. The molecule has 2 fully saturated rings. The minimum absolute atomic E-state index is 0.00926. The first kappa shape index (κ1) is 20.8. The maximum Gasteiger partial charge on any atom is 0.251 e. The molecule has 0 unspecified atom stereocenters. The zero-order chi connectivity index (χ0) is 20.2. The Morgan fingerprint density at radius 3 is 2.21 bits per heavy atom. The Balaban J connectivity index is 1.52. The number of nitrogens with one attached hydrogen (secondary N) is 1. The highest BCUT2D eigenvalue weighted by molar-refractivity contribution is 7.89. The molecule has 1 aromatic rings. The third-order valence-corrected chi connectivity index (χ3v) is 6.82. The van der Waals surface area contributed by atoms with Crippen LogP contribution in [0.5, 0.6) is 11.5 Å². The first-order chi connectivity index (χ1) is 13.4. The summed E-state index contributed by atoms with van der Waals surface area (Å²) in [5.41, 5.74) is 0.337. The molecule has 1 spiro atoms. The van der Waals surface area contributed by atoms with Gasteiger partial charge in [-0.25, -0.2) is 12.7 Å². The van der Waals surface area contributed by atoms with Gasteiger partial charge in [-0.05, 0) is 12.1 Å². The fraction of sp³-hybridized carbons (Fsp3) is 0.611. The molecule has 3 rings (SSSR count). The van der Waals surface area contributed by atoms with Crippen LogP contribution in [0.2, 0.25) is 0 Å². The number of amides is 1. The van der Waals surface area contributed by atoms with Gasteiger partial charge >= 0.3 is 0 Å². The van der Waals surface area contributed by atoms with Crippen LogP contribution in [0.15, 0.2) is 18.2 Å². The Morgan fingerprint density at radius 1 is 1.11 bits per heavy atom. The lowest BCUT2D eigenvalue weighted by Gasteiger charge is -2.36. The molecule has 2 heterocycles. The first-order valence-corrected chi connectivity index (χ1v) is 10.8. The van der Waals surface area contributed by atoms with Crippen molar-refractivity contribution in [3.63, 3.8) is 0 Å². The lowest BCUT2D eigenvalue weighted by atomic mass is 10.1. The molecule has 28 heavy (non-hydrogen) atoms. The van der Waals surface area contributed by atoms with E-state index in [0.717, 1.165) is 0 Å². The van der Waals surface area contributed by atoms with Gasteiger partial charge in [0.1, 0.15) is 11.5 Å². The Morgan fingerprint density at radius 2 is 1.68 bits per heavy atom. The number of hydrogen-bond acceptors (Lipinski definition) is 7. The molecule has 156 valence electrons. The number of methoxy groups -OCH3 is 2. The number of sulfonamides is 1. The van der Waals surface area contributed by atoms with E-state index < -0.39 is 21.7 Å². The lowest BCUT2D eigenvalue weighted by molar-refractivity contribution is -0.179. The molecule has 1 aromatic carbocycles. The molecular formula is C18H26N2O7S. The number of nitrogens with zero attached hydrogens (tertiary/aromatic N) is 1. The van der Waals surface area contributed by atoms with Gasteiger partial charge in [0.15, 0.2) is 5.79 Å². The van der Waals surface area contributed by atoms with E-state index in [4.69, 9.17) is 18.9 Å². The summed E-state index contributed by atoms with van der Waals surface area (Å²) in [4.78, 5) is 12.3. The van der Waals surface area contributed by atoms with Gasteiger partial charge in [-0.2, -0.15) is 0 Å². The maximum absolute atomic E-state index is 12.6. The monoisotopic (exact) mass is 414 g/mol. The van der Waals surface area contributed by atoms with Crippen LogP contribution in [-0.2, 0) is 19.5 Å². The molecule has 9 nitrogen and oxygen atoms in total. The highest BCUT2D eigenvalue weighted by Crippen LogP contribution is 2.32. The second kappa shape index (κ2) is 8.64. The Labute approximate surface area is 164 Å². The van der Waals surface area contributed by atoms with Crippen LogP contribution in [0, 0.1) is 0 Å². The van der Waals surface area contributed by atoms with E-state index in [2.05, 4.69) is 5.32 Å². The van der Waals surface area contributed by atoms with Gasteiger partial charge in [0.2, 0.25) is 10.0 Å². The minimum Gasteiger partial charge on any atom is -0.497 e. The SMILES string of the molecule is COc1cc(OC)cc(C(=O)NCCS(=O)(=O)N2CCC3(CC2)OCCO3)c1. The van der Waals surface area contributed by atoms with Crippen molar-refractivity contribution in [2.75, 3.05) is 52.8 Å². The molecule has 10 heteroatoms. The van der Waals surface area contributed by atoms with Crippen molar-refractivity contribution < 1.29 is 32.2 Å². The van der Waals surface area contributed by atoms with Gasteiger partial charge in [0.25, 0.3) is 5.91 Å². The van der Waals surface area contributed by atoms with Crippen molar-refractivity contribution >= 4 is 15.9 Å². The molecular weight excluding hydrogens is 388 g/mol. The molecule has 2 aliphatic heterocycles. The van der Waals surface area contributed by atoms with Crippen molar-refractivity contribution in [2.24, 2.45) is 0 Å². The molecule has 0 saturated carbocycles. The topological polar surface area (TPSA) is 103 Å². The summed E-state index contributed by atoms with van der Waals surface area (Å²) in [6, 6.07) is 4.79. The lowest BCUT2D eigenvalue weighted by Crippen LogP contribution is -2.48. The number of rotatable bonds is 7. The van der Waals surface area contributed by atoms with E-state index in [0.29, 0.717) is 56.2 Å². The zero-order valence-corrected chi connectivity index (χ0v) is 16.9. The normalized spacial score (nSPS) is 19.5. The molecule has 0 aromatic heterocycles. The number of benzene rings is 1. The Hall–Kier alpha value is -1.88. The van der Waals surface area contributed by atoms with Crippen LogP contribution in [0.25, 0.3) is 0 Å². The summed E-state index contributed by atoms with van der Waals surface area (Å²) < 4.78 is 48.1. The Kier molecular flexibility index (Phi) is 6.43. The Bertz CT molecular complexity index is 774. The number of hydrogen-bond donors (Lipinski definition) is 1. The van der Waals surface area contributed by atoms with Crippen molar-refractivity contribution in [1.82, 2.24) is 9.62 Å². The van der Waals surface area contributed by atoms with Gasteiger partial charge in [-0.15, -0.1) is 0 Å². The van der Waals surface area contributed by atoms with Crippen molar-refractivity contribution in [1.29, 1.82) is 0 Å². The fourth-order valence-electron chi connectivity index (χ4n) is 3.35. The summed E-state index contributed by atoms with van der Waals surface area (Å²) >= 11 is 0. The predicted octanol–water partition coefficient (Wildman–Crippen LogP) is 0.602. The van der Waals surface area contributed by atoms with E-state index in [1.807, 2.05) is 0 Å². The van der Waals surface area contributed by atoms with Crippen molar-refractivity contribution in [3.8, 4) is 11.5 Å². The molecule has 0 atom stereocenters. The smallest absolute Gasteiger partial charge is 0.251 e.